The number of carbonyl (C=O) groups excluding carboxylic acids is 1. The third kappa shape index (κ3) is 5.30. The molecule has 2 N–H and O–H groups in total. The van der Waals surface area contributed by atoms with Crippen molar-refractivity contribution in [2.45, 2.75) is 123 Å². The molecule has 9 atom stereocenters. The van der Waals surface area contributed by atoms with Gasteiger partial charge in [0.2, 0.25) is 0 Å². The third-order valence-electron chi connectivity index (χ3n) is 9.12. The van der Waals surface area contributed by atoms with Crippen LogP contribution in [0.5, 0.6) is 0 Å². The Kier molecular flexibility index (Phi) is 8.08. The highest BCUT2D eigenvalue weighted by Crippen LogP contribution is 2.60. The van der Waals surface area contributed by atoms with Crippen LogP contribution in [0.25, 0.3) is 0 Å². The number of hydrogen-bond acceptors (Lipinski definition) is 6. The zero-order valence-electron chi connectivity index (χ0n) is 22.2. The summed E-state index contributed by atoms with van der Waals surface area (Å²) in [5.41, 5.74) is 1.31. The lowest BCUT2D eigenvalue weighted by Gasteiger charge is -2.57. The zero-order chi connectivity index (χ0) is 25.5. The number of allylic oxidation sites excluding steroid dienone is 2. The fraction of sp³-hybridized carbons (Fsp3) is 0.821. The highest BCUT2D eigenvalue weighted by Gasteiger charge is 2.52. The molecule has 1 saturated carbocycles. The lowest BCUT2D eigenvalue weighted by atomic mass is 9.48. The van der Waals surface area contributed by atoms with Gasteiger partial charge in [0.05, 0.1) is 11.7 Å². The van der Waals surface area contributed by atoms with E-state index in [9.17, 15) is 15.0 Å². The fourth-order valence-corrected chi connectivity index (χ4v) is 7.06. The minimum Gasteiger partial charge on any atom is -0.457 e. The average molecular weight is 479 g/mol. The van der Waals surface area contributed by atoms with E-state index < -0.39 is 42.3 Å². The van der Waals surface area contributed by atoms with Crippen molar-refractivity contribution in [1.29, 1.82) is 0 Å². The van der Waals surface area contributed by atoms with Gasteiger partial charge in [0.25, 0.3) is 0 Å². The molecule has 1 saturated heterocycles. The fourth-order valence-electron chi connectivity index (χ4n) is 7.06. The van der Waals surface area contributed by atoms with Crippen LogP contribution in [0.1, 0.15) is 87.0 Å². The minimum atomic E-state index is -1.34. The molecule has 6 heteroatoms. The van der Waals surface area contributed by atoms with Crippen LogP contribution in [-0.2, 0) is 19.0 Å². The Hall–Kier alpha value is -1.21. The van der Waals surface area contributed by atoms with Crippen molar-refractivity contribution in [1.82, 2.24) is 0 Å². The number of fused-ring (bicyclic) bond motifs is 1. The molecule has 194 valence electrons. The predicted octanol–water partition coefficient (Wildman–Crippen LogP) is 4.93. The van der Waals surface area contributed by atoms with Crippen molar-refractivity contribution in [3.05, 3.63) is 24.3 Å². The van der Waals surface area contributed by atoms with Crippen molar-refractivity contribution < 1.29 is 29.2 Å². The number of esters is 1. The van der Waals surface area contributed by atoms with Gasteiger partial charge in [-0.15, -0.1) is 6.58 Å². The predicted molar refractivity (Wildman–Crippen MR) is 132 cm³/mol. The van der Waals surface area contributed by atoms with E-state index in [1.807, 2.05) is 6.92 Å². The number of ether oxygens (including phenoxy) is 3. The molecular formula is C28H46O6. The first-order valence-electron chi connectivity index (χ1n) is 12.9. The molecule has 3 rings (SSSR count). The summed E-state index contributed by atoms with van der Waals surface area (Å²) in [6.07, 6.45) is 5.60. The van der Waals surface area contributed by atoms with Gasteiger partial charge in [0, 0.05) is 6.92 Å². The largest absolute Gasteiger partial charge is 0.457 e. The average Bonchev–Trinajstić information content (AvgIpc) is 2.73. The third-order valence-corrected chi connectivity index (χ3v) is 9.12. The normalized spacial score (nSPS) is 41.6. The summed E-state index contributed by atoms with van der Waals surface area (Å²) in [6, 6.07) is 0. The molecule has 0 radical (unpaired) electrons. The maximum Gasteiger partial charge on any atom is 0.303 e. The van der Waals surface area contributed by atoms with E-state index in [2.05, 4.69) is 40.3 Å². The van der Waals surface area contributed by atoms with E-state index in [0.29, 0.717) is 17.3 Å². The molecule has 0 aromatic rings. The maximum atomic E-state index is 11.4. The van der Waals surface area contributed by atoms with Gasteiger partial charge in [-0.1, -0.05) is 44.9 Å². The van der Waals surface area contributed by atoms with Crippen molar-refractivity contribution in [2.24, 2.45) is 22.7 Å². The summed E-state index contributed by atoms with van der Waals surface area (Å²) in [6.45, 7) is 18.5. The zero-order valence-corrected chi connectivity index (χ0v) is 22.2. The van der Waals surface area contributed by atoms with Crippen molar-refractivity contribution in [3.63, 3.8) is 0 Å². The van der Waals surface area contributed by atoms with Gasteiger partial charge in [-0.05, 0) is 75.5 Å². The van der Waals surface area contributed by atoms with Crippen LogP contribution < -0.4 is 0 Å². The Labute approximate surface area is 205 Å². The van der Waals surface area contributed by atoms with E-state index in [-0.39, 0.29) is 5.41 Å². The van der Waals surface area contributed by atoms with Crippen molar-refractivity contribution in [2.75, 3.05) is 0 Å². The second-order valence-corrected chi connectivity index (χ2v) is 12.1. The second kappa shape index (κ2) is 10.0. The van der Waals surface area contributed by atoms with Crippen LogP contribution >= 0.6 is 0 Å². The van der Waals surface area contributed by atoms with E-state index >= 15 is 0 Å². The van der Waals surface area contributed by atoms with E-state index in [0.717, 1.165) is 19.3 Å². The maximum absolute atomic E-state index is 11.4. The second-order valence-electron chi connectivity index (χ2n) is 12.1. The number of hydrogen-bond donors (Lipinski definition) is 2. The van der Waals surface area contributed by atoms with Gasteiger partial charge in [-0.2, -0.15) is 0 Å². The Balaban J connectivity index is 1.72. The summed E-state index contributed by atoms with van der Waals surface area (Å²) >= 11 is 0. The smallest absolute Gasteiger partial charge is 0.303 e. The molecule has 6 nitrogen and oxygen atoms in total. The molecular weight excluding hydrogens is 432 g/mol. The molecule has 0 bridgehead atoms. The molecule has 0 aromatic heterocycles. The standard InChI is InChI=1S/C28H46O6/c1-9-27(7,34-25-23(31)22(30)24(18(3)32-25)33-19(4)29)16-13-20-17(2)11-12-21-26(5,6)14-10-15-28(20,21)8/h9,11,18,20-25,30-31H,1,10,12-16H2,2-8H3/t18-,20?,21-,22-,23+,24-,25-,27-,28+/m0/s1. The van der Waals surface area contributed by atoms with Crippen LogP contribution in [0.4, 0.5) is 0 Å². The number of aliphatic hydroxyl groups is 2. The molecule has 0 aromatic carbocycles. The molecule has 1 aliphatic heterocycles. The first kappa shape index (κ1) is 27.4. The summed E-state index contributed by atoms with van der Waals surface area (Å²) in [5.74, 6) is 0.593. The summed E-state index contributed by atoms with van der Waals surface area (Å²) < 4.78 is 17.3. The Bertz CT molecular complexity index is 790. The molecule has 3 aliphatic rings. The molecule has 1 unspecified atom stereocenters. The van der Waals surface area contributed by atoms with Crippen molar-refractivity contribution >= 4 is 5.97 Å². The van der Waals surface area contributed by atoms with Gasteiger partial charge >= 0.3 is 5.97 Å². The summed E-state index contributed by atoms with van der Waals surface area (Å²) in [4.78, 5) is 11.4. The van der Waals surface area contributed by atoms with Gasteiger partial charge in [0.15, 0.2) is 12.4 Å². The van der Waals surface area contributed by atoms with Crippen LogP contribution in [-0.4, -0.2) is 52.5 Å². The minimum absolute atomic E-state index is 0.255. The first-order chi connectivity index (χ1) is 15.7. The highest BCUT2D eigenvalue weighted by atomic mass is 16.7. The van der Waals surface area contributed by atoms with Crippen molar-refractivity contribution in [3.8, 4) is 0 Å². The van der Waals surface area contributed by atoms with E-state index in [4.69, 9.17) is 14.2 Å². The molecule has 2 aliphatic carbocycles. The Morgan fingerprint density at radius 2 is 1.97 bits per heavy atom. The van der Waals surface area contributed by atoms with Gasteiger partial charge in [0.1, 0.15) is 12.2 Å². The monoisotopic (exact) mass is 478 g/mol. The topological polar surface area (TPSA) is 85.2 Å². The molecule has 0 spiro atoms. The highest BCUT2D eigenvalue weighted by molar-refractivity contribution is 5.66. The molecule has 34 heavy (non-hydrogen) atoms. The van der Waals surface area contributed by atoms with Gasteiger partial charge < -0.3 is 24.4 Å². The van der Waals surface area contributed by atoms with E-state index in [1.165, 1.54) is 31.8 Å². The van der Waals surface area contributed by atoms with Crippen LogP contribution in [0.3, 0.4) is 0 Å². The summed E-state index contributed by atoms with van der Waals surface area (Å²) in [5, 5.41) is 21.2. The lowest BCUT2D eigenvalue weighted by molar-refractivity contribution is -0.314. The number of carbonyl (C=O) groups is 1. The quantitative estimate of drug-likeness (QED) is 0.399. The molecule has 2 fully saturated rings. The van der Waals surface area contributed by atoms with E-state index in [1.54, 1.807) is 13.0 Å². The SMILES string of the molecule is C=C[C@@](C)(CCC1C(C)=CC[C@H]2C(C)(C)CCC[C@]12C)O[C@@H]1O[C@@H](C)[C@H](OC(C)=O)[C@@H](O)[C@H]1O. The summed E-state index contributed by atoms with van der Waals surface area (Å²) in [7, 11) is 0. The molecule has 0 amide bonds. The van der Waals surface area contributed by atoms with Crippen LogP contribution in [0.15, 0.2) is 24.3 Å². The lowest BCUT2D eigenvalue weighted by Crippen LogP contribution is -2.60. The Morgan fingerprint density at radius 3 is 2.59 bits per heavy atom. The van der Waals surface area contributed by atoms with Gasteiger partial charge in [-0.3, -0.25) is 4.79 Å². The number of rotatable bonds is 7. The molecule has 1 heterocycles. The van der Waals surface area contributed by atoms with Gasteiger partial charge in [-0.25, -0.2) is 0 Å². The Morgan fingerprint density at radius 1 is 1.29 bits per heavy atom. The van der Waals surface area contributed by atoms with Crippen LogP contribution in [0.2, 0.25) is 0 Å². The first-order valence-corrected chi connectivity index (χ1v) is 12.9. The van der Waals surface area contributed by atoms with Crippen LogP contribution in [0, 0.1) is 22.7 Å². The number of aliphatic hydroxyl groups excluding tert-OH is 2.